The third kappa shape index (κ3) is 4.22. The fraction of sp³-hybridized carbons (Fsp3) is 0.440. The quantitative estimate of drug-likeness (QED) is 0.574. The highest BCUT2D eigenvalue weighted by molar-refractivity contribution is 6.30. The van der Waals surface area contributed by atoms with Gasteiger partial charge in [-0.25, -0.2) is 9.97 Å². The van der Waals surface area contributed by atoms with Gasteiger partial charge in [0.2, 0.25) is 5.91 Å². The molecular formula is C25H29ClN6O2. The predicted octanol–water partition coefficient (Wildman–Crippen LogP) is 3.21. The van der Waals surface area contributed by atoms with E-state index in [1.807, 2.05) is 51.0 Å². The van der Waals surface area contributed by atoms with Crippen molar-refractivity contribution in [3.8, 4) is 0 Å². The third-order valence-corrected chi connectivity index (χ3v) is 7.11. The zero-order valence-electron chi connectivity index (χ0n) is 19.5. The van der Waals surface area contributed by atoms with Gasteiger partial charge in [-0.3, -0.25) is 9.59 Å². The molecule has 1 unspecified atom stereocenters. The highest BCUT2D eigenvalue weighted by atomic mass is 35.5. The number of amides is 2. The van der Waals surface area contributed by atoms with Crippen molar-refractivity contribution in [1.29, 1.82) is 0 Å². The van der Waals surface area contributed by atoms with E-state index in [1.54, 1.807) is 6.20 Å². The van der Waals surface area contributed by atoms with Gasteiger partial charge < -0.3 is 18.9 Å². The molecule has 1 atom stereocenters. The molecule has 34 heavy (non-hydrogen) atoms. The summed E-state index contributed by atoms with van der Waals surface area (Å²) in [6.07, 6.45) is 6.17. The van der Waals surface area contributed by atoms with Gasteiger partial charge in [-0.05, 0) is 23.6 Å². The fourth-order valence-corrected chi connectivity index (χ4v) is 5.14. The average molecular weight is 481 g/mol. The summed E-state index contributed by atoms with van der Waals surface area (Å²) in [6, 6.07) is 7.52. The number of nitrogens with zero attached hydrogens (tertiary/aromatic N) is 6. The molecule has 3 aromatic rings. The van der Waals surface area contributed by atoms with Gasteiger partial charge in [0.05, 0.1) is 18.7 Å². The maximum Gasteiger partial charge on any atom is 0.272 e. The topological polar surface area (TPSA) is 76.3 Å². The first-order valence-electron chi connectivity index (χ1n) is 11.8. The molecule has 4 heterocycles. The number of carbonyl (C=O) groups excluding carboxylic acids is 2. The fourth-order valence-electron chi connectivity index (χ4n) is 5.01. The Bertz CT molecular complexity index is 1180. The second-order valence-corrected chi connectivity index (χ2v) is 9.76. The Morgan fingerprint density at radius 1 is 0.941 bits per heavy atom. The van der Waals surface area contributed by atoms with Gasteiger partial charge in [-0.2, -0.15) is 0 Å². The number of benzene rings is 1. The maximum absolute atomic E-state index is 13.5. The van der Waals surface area contributed by atoms with E-state index in [4.69, 9.17) is 11.6 Å². The molecule has 9 heteroatoms. The lowest BCUT2D eigenvalue weighted by Gasteiger charge is -2.33. The Morgan fingerprint density at radius 3 is 2.47 bits per heavy atom. The van der Waals surface area contributed by atoms with Crippen LogP contribution in [0.5, 0.6) is 0 Å². The molecule has 2 amide bonds. The van der Waals surface area contributed by atoms with Crippen LogP contribution in [0.3, 0.4) is 0 Å². The summed E-state index contributed by atoms with van der Waals surface area (Å²) in [5, 5.41) is 0.658. The summed E-state index contributed by atoms with van der Waals surface area (Å²) in [6.45, 7) is 7.66. The van der Waals surface area contributed by atoms with Gasteiger partial charge in [0.25, 0.3) is 5.91 Å². The van der Waals surface area contributed by atoms with E-state index < -0.39 is 0 Å². The highest BCUT2D eigenvalue weighted by Gasteiger charge is 2.33. The summed E-state index contributed by atoms with van der Waals surface area (Å²) >= 11 is 6.05. The Hall–Kier alpha value is -3.13. The molecule has 1 aromatic carbocycles. The van der Waals surface area contributed by atoms with Crippen LogP contribution in [0.2, 0.25) is 5.02 Å². The van der Waals surface area contributed by atoms with Crippen LogP contribution in [0.15, 0.2) is 42.9 Å². The molecule has 178 valence electrons. The second kappa shape index (κ2) is 9.25. The first-order valence-corrected chi connectivity index (χ1v) is 12.2. The van der Waals surface area contributed by atoms with Gasteiger partial charge in [0, 0.05) is 56.6 Å². The summed E-state index contributed by atoms with van der Waals surface area (Å²) in [7, 11) is 0. The molecule has 2 aromatic heterocycles. The number of fused-ring (bicyclic) bond motifs is 2. The Kier molecular flexibility index (Phi) is 6.16. The molecule has 8 nitrogen and oxygen atoms in total. The van der Waals surface area contributed by atoms with Crippen molar-refractivity contribution in [3.63, 3.8) is 0 Å². The van der Waals surface area contributed by atoms with E-state index in [9.17, 15) is 9.59 Å². The van der Waals surface area contributed by atoms with Crippen LogP contribution in [-0.4, -0.2) is 60.4 Å². The molecule has 0 saturated heterocycles. The number of carbonyl (C=O) groups is 2. The highest BCUT2D eigenvalue weighted by Crippen LogP contribution is 2.29. The van der Waals surface area contributed by atoms with Crippen LogP contribution in [0.25, 0.3) is 0 Å². The average Bonchev–Trinajstić information content (AvgIpc) is 3.41. The van der Waals surface area contributed by atoms with Crippen molar-refractivity contribution < 1.29 is 9.59 Å². The van der Waals surface area contributed by atoms with Crippen LogP contribution >= 0.6 is 11.6 Å². The molecule has 2 aliphatic rings. The van der Waals surface area contributed by atoms with Crippen LogP contribution in [0.4, 0.5) is 0 Å². The number of halogens is 1. The molecule has 0 N–H and O–H groups in total. The molecule has 0 saturated carbocycles. The smallest absolute Gasteiger partial charge is 0.272 e. The summed E-state index contributed by atoms with van der Waals surface area (Å²) in [5.41, 5.74) is 1.56. The van der Waals surface area contributed by atoms with E-state index in [0.717, 1.165) is 30.2 Å². The van der Waals surface area contributed by atoms with Gasteiger partial charge in [0.15, 0.2) is 0 Å². The molecule has 0 radical (unpaired) electrons. The predicted molar refractivity (Wildman–Crippen MR) is 129 cm³/mol. The van der Waals surface area contributed by atoms with Crippen molar-refractivity contribution in [2.24, 2.45) is 5.92 Å². The minimum atomic E-state index is -0.247. The molecule has 0 bridgehead atoms. The molecule has 0 aliphatic carbocycles. The monoisotopic (exact) mass is 480 g/mol. The van der Waals surface area contributed by atoms with Gasteiger partial charge in [0.1, 0.15) is 17.3 Å². The Labute approximate surface area is 204 Å². The summed E-state index contributed by atoms with van der Waals surface area (Å²) in [5.74, 6) is 1.74. The van der Waals surface area contributed by atoms with Crippen molar-refractivity contribution in [2.75, 3.05) is 19.6 Å². The molecule has 2 aliphatic heterocycles. The van der Waals surface area contributed by atoms with Crippen LogP contribution in [-0.2, 0) is 30.8 Å². The Morgan fingerprint density at radius 2 is 1.71 bits per heavy atom. The first-order chi connectivity index (χ1) is 16.4. The minimum Gasteiger partial charge on any atom is -0.335 e. The van der Waals surface area contributed by atoms with E-state index in [0.29, 0.717) is 43.4 Å². The zero-order chi connectivity index (χ0) is 23.8. The van der Waals surface area contributed by atoms with Crippen molar-refractivity contribution >= 4 is 23.4 Å². The number of rotatable bonds is 4. The Balaban J connectivity index is 1.30. The standard InChI is InChI=1S/C25H29ClN6O2/c1-17(2)23(18-3-5-19(26)6-4-18)25(34)31-13-14-32-20(15-28-22(32)16-31)24(33)30-9-7-21-27-8-10-29(21)11-12-30/h3-6,8,10,15,17,23H,7,9,11-14,16H2,1-2H3. The van der Waals surface area contributed by atoms with Crippen molar-refractivity contribution in [1.82, 2.24) is 28.9 Å². The number of aromatic nitrogens is 4. The van der Waals surface area contributed by atoms with Gasteiger partial charge in [-0.1, -0.05) is 37.6 Å². The van der Waals surface area contributed by atoms with Crippen molar-refractivity contribution in [3.05, 3.63) is 70.8 Å². The van der Waals surface area contributed by atoms with E-state index in [1.165, 1.54) is 0 Å². The molecule has 0 fully saturated rings. The van der Waals surface area contributed by atoms with Gasteiger partial charge in [-0.15, -0.1) is 0 Å². The maximum atomic E-state index is 13.5. The summed E-state index contributed by atoms with van der Waals surface area (Å²) in [4.78, 5) is 39.5. The molecule has 5 rings (SSSR count). The third-order valence-electron chi connectivity index (χ3n) is 6.86. The van der Waals surface area contributed by atoms with E-state index in [2.05, 4.69) is 28.4 Å². The largest absolute Gasteiger partial charge is 0.335 e. The second-order valence-electron chi connectivity index (χ2n) is 9.32. The molecule has 0 spiro atoms. The van der Waals surface area contributed by atoms with Crippen LogP contribution < -0.4 is 0 Å². The van der Waals surface area contributed by atoms with Crippen LogP contribution in [0, 0.1) is 5.92 Å². The number of hydrogen-bond acceptors (Lipinski definition) is 4. The van der Waals surface area contributed by atoms with Crippen molar-refractivity contribution in [2.45, 2.75) is 45.8 Å². The first kappa shape index (κ1) is 22.7. The van der Waals surface area contributed by atoms with Gasteiger partial charge >= 0.3 is 0 Å². The van der Waals surface area contributed by atoms with E-state index in [-0.39, 0.29) is 23.7 Å². The lowest BCUT2D eigenvalue weighted by Crippen LogP contribution is -2.43. The summed E-state index contributed by atoms with van der Waals surface area (Å²) < 4.78 is 4.08. The number of hydrogen-bond donors (Lipinski definition) is 0. The molecular weight excluding hydrogens is 452 g/mol. The number of imidazole rings is 2. The minimum absolute atomic E-state index is 0.00880. The van der Waals surface area contributed by atoms with Crippen LogP contribution in [0.1, 0.15) is 47.5 Å². The SMILES string of the molecule is CC(C)C(C(=O)N1CCn2c(C(=O)N3CCc4nccn4CC3)cnc2C1)c1ccc(Cl)cc1. The normalized spacial score (nSPS) is 16.7. The zero-order valence-corrected chi connectivity index (χ0v) is 20.3. The van der Waals surface area contributed by atoms with E-state index >= 15 is 0 Å². The lowest BCUT2D eigenvalue weighted by molar-refractivity contribution is -0.135. The lowest BCUT2D eigenvalue weighted by atomic mass is 9.87.